The van der Waals surface area contributed by atoms with Gasteiger partial charge in [0.15, 0.2) is 5.92 Å². The van der Waals surface area contributed by atoms with Crippen LogP contribution < -0.4 is 19.7 Å². The van der Waals surface area contributed by atoms with Gasteiger partial charge >= 0.3 is 6.03 Å². The molecule has 0 bridgehead atoms. The highest BCUT2D eigenvalue weighted by atomic mass is 19.1. The van der Waals surface area contributed by atoms with Gasteiger partial charge in [0.25, 0.3) is 5.91 Å². The smallest absolute Gasteiger partial charge is 0.335 e. The number of carbonyl (C=O) groups is 3. The summed E-state index contributed by atoms with van der Waals surface area (Å²) in [6, 6.07) is 9.09. The lowest BCUT2D eigenvalue weighted by Crippen LogP contribution is -2.58. The first kappa shape index (κ1) is 20.0. The zero-order chi connectivity index (χ0) is 21.0. The third kappa shape index (κ3) is 4.40. The van der Waals surface area contributed by atoms with Gasteiger partial charge in [0.2, 0.25) is 5.91 Å². The van der Waals surface area contributed by atoms with Crippen LogP contribution in [0.5, 0.6) is 11.5 Å². The Bertz CT molecular complexity index is 952. The molecule has 1 unspecified atom stereocenters. The Balaban J connectivity index is 1.79. The highest BCUT2D eigenvalue weighted by Gasteiger charge is 2.40. The third-order valence-electron chi connectivity index (χ3n) is 4.23. The van der Waals surface area contributed by atoms with Crippen LogP contribution in [0.25, 0.3) is 0 Å². The summed E-state index contributed by atoms with van der Waals surface area (Å²) in [5, 5.41) is 2.11. The predicted molar refractivity (Wildman–Crippen MR) is 103 cm³/mol. The summed E-state index contributed by atoms with van der Waals surface area (Å²) < 4.78 is 23.5. The van der Waals surface area contributed by atoms with Crippen molar-refractivity contribution in [3.63, 3.8) is 0 Å². The summed E-state index contributed by atoms with van der Waals surface area (Å²) in [6.45, 7) is 0.162. The molecule has 1 fully saturated rings. The van der Waals surface area contributed by atoms with E-state index in [1.165, 1.54) is 32.6 Å². The van der Waals surface area contributed by atoms with Crippen LogP contribution in [0.2, 0.25) is 0 Å². The molecule has 1 aliphatic heterocycles. The highest BCUT2D eigenvalue weighted by Crippen LogP contribution is 2.23. The lowest BCUT2D eigenvalue weighted by molar-refractivity contribution is -0.131. The van der Waals surface area contributed by atoms with E-state index in [-0.39, 0.29) is 12.2 Å². The maximum Gasteiger partial charge on any atom is 0.335 e. The number of ether oxygens (including phenoxy) is 2. The largest absolute Gasteiger partial charge is 0.497 e. The fourth-order valence-electron chi connectivity index (χ4n) is 2.78. The number of nitrogens with zero attached hydrogens (tertiary/aromatic N) is 2. The van der Waals surface area contributed by atoms with Gasteiger partial charge in [-0.15, -0.1) is 0 Å². The van der Waals surface area contributed by atoms with Crippen molar-refractivity contribution in [3.8, 4) is 11.5 Å². The number of benzene rings is 2. The Morgan fingerprint density at radius 1 is 1.07 bits per heavy atom. The highest BCUT2D eigenvalue weighted by molar-refractivity contribution is 6.32. The minimum absolute atomic E-state index is 0.150. The zero-order valence-corrected chi connectivity index (χ0v) is 15.7. The number of hydrogen-bond donors (Lipinski definition) is 1. The Morgan fingerprint density at radius 3 is 2.28 bits per heavy atom. The van der Waals surface area contributed by atoms with E-state index in [1.807, 2.05) is 0 Å². The van der Waals surface area contributed by atoms with E-state index in [0.717, 1.165) is 22.6 Å². The molecule has 1 N–H and O–H groups in total. The van der Waals surface area contributed by atoms with Crippen molar-refractivity contribution in [2.75, 3.05) is 19.1 Å². The Labute approximate surface area is 165 Å². The molecule has 2 aromatic rings. The van der Waals surface area contributed by atoms with Gasteiger partial charge < -0.3 is 9.47 Å². The van der Waals surface area contributed by atoms with Gasteiger partial charge in [-0.3, -0.25) is 19.9 Å². The maximum absolute atomic E-state index is 13.1. The van der Waals surface area contributed by atoms with Crippen molar-refractivity contribution in [1.29, 1.82) is 0 Å². The van der Waals surface area contributed by atoms with E-state index in [9.17, 15) is 18.8 Å². The first-order valence-corrected chi connectivity index (χ1v) is 8.59. The summed E-state index contributed by atoms with van der Waals surface area (Å²) in [5.41, 5.74) is 0.893. The fraction of sp³-hybridized carbons (Fsp3) is 0.200. The molecule has 8 nitrogen and oxygen atoms in total. The van der Waals surface area contributed by atoms with Crippen molar-refractivity contribution in [2.45, 2.75) is 6.54 Å². The van der Waals surface area contributed by atoms with E-state index in [0.29, 0.717) is 11.5 Å². The van der Waals surface area contributed by atoms with Crippen LogP contribution in [0.4, 0.5) is 14.9 Å². The molecule has 0 radical (unpaired) electrons. The molecule has 0 spiro atoms. The molecule has 0 saturated carbocycles. The molecule has 1 atom stereocenters. The number of amides is 4. The molecule has 0 aromatic heterocycles. The van der Waals surface area contributed by atoms with Crippen LogP contribution in [-0.2, 0) is 16.1 Å². The molecular weight excluding hydrogens is 381 g/mol. The number of methoxy groups -OCH3 is 2. The number of imide groups is 2. The normalized spacial score (nSPS) is 16.9. The van der Waals surface area contributed by atoms with Crippen LogP contribution >= 0.6 is 0 Å². The van der Waals surface area contributed by atoms with Crippen molar-refractivity contribution in [3.05, 3.63) is 53.8 Å². The van der Waals surface area contributed by atoms with Gasteiger partial charge in [-0.25, -0.2) is 14.1 Å². The van der Waals surface area contributed by atoms with Gasteiger partial charge in [0, 0.05) is 12.3 Å². The van der Waals surface area contributed by atoms with Gasteiger partial charge in [-0.05, 0) is 42.0 Å². The summed E-state index contributed by atoms with van der Waals surface area (Å²) in [7, 11) is 3.04. The zero-order valence-electron chi connectivity index (χ0n) is 15.7. The summed E-state index contributed by atoms with van der Waals surface area (Å²) in [5.74, 6) is -2.18. The second-order valence-electron chi connectivity index (χ2n) is 6.13. The van der Waals surface area contributed by atoms with Gasteiger partial charge in [-0.1, -0.05) is 0 Å². The molecule has 0 aliphatic carbocycles. The molecule has 1 saturated heterocycles. The molecule has 150 valence electrons. The molecular formula is C20H18FN3O5. The minimum Gasteiger partial charge on any atom is -0.497 e. The van der Waals surface area contributed by atoms with Crippen molar-refractivity contribution in [2.24, 2.45) is 10.9 Å². The van der Waals surface area contributed by atoms with E-state index in [4.69, 9.17) is 9.47 Å². The summed E-state index contributed by atoms with van der Waals surface area (Å²) in [4.78, 5) is 41.9. The van der Waals surface area contributed by atoms with Crippen LogP contribution in [0, 0.1) is 11.7 Å². The number of carbonyl (C=O) groups excluding carboxylic acids is 3. The second kappa shape index (κ2) is 8.51. The standard InChI is InChI=1S/C20H18FN3O5/c1-28-15-7-12(8-16(9-15)29-2)10-22-11-17-18(25)23-20(27)24(19(17)26)14-5-3-13(21)4-6-14/h3-9,11,17H,10H2,1-2H3,(H,23,25,27). The quantitative estimate of drug-likeness (QED) is 0.594. The van der Waals surface area contributed by atoms with Crippen LogP contribution in [-0.4, -0.2) is 38.3 Å². The third-order valence-corrected chi connectivity index (χ3v) is 4.23. The second-order valence-corrected chi connectivity index (χ2v) is 6.13. The number of aliphatic imine (C=N–C) groups is 1. The average molecular weight is 399 g/mol. The summed E-state index contributed by atoms with van der Waals surface area (Å²) in [6.07, 6.45) is 1.19. The number of halogens is 1. The molecule has 1 aliphatic rings. The Kier molecular flexibility index (Phi) is 5.87. The van der Waals surface area contributed by atoms with E-state index in [2.05, 4.69) is 10.3 Å². The molecule has 3 rings (SSSR count). The van der Waals surface area contributed by atoms with Crippen molar-refractivity contribution < 1.29 is 28.2 Å². The molecule has 4 amide bonds. The Hall–Kier alpha value is -3.75. The lowest BCUT2D eigenvalue weighted by atomic mass is 10.1. The minimum atomic E-state index is -1.29. The average Bonchev–Trinajstić information content (AvgIpc) is 2.71. The molecule has 29 heavy (non-hydrogen) atoms. The summed E-state index contributed by atoms with van der Waals surface area (Å²) >= 11 is 0. The van der Waals surface area contributed by atoms with E-state index >= 15 is 0 Å². The monoisotopic (exact) mass is 399 g/mol. The number of anilines is 1. The van der Waals surface area contributed by atoms with Gasteiger partial charge in [-0.2, -0.15) is 0 Å². The number of rotatable bonds is 6. The van der Waals surface area contributed by atoms with E-state index < -0.39 is 29.6 Å². The first-order valence-electron chi connectivity index (χ1n) is 8.59. The van der Waals surface area contributed by atoms with Crippen molar-refractivity contribution in [1.82, 2.24) is 5.32 Å². The van der Waals surface area contributed by atoms with Gasteiger partial charge in [0.1, 0.15) is 17.3 Å². The van der Waals surface area contributed by atoms with Gasteiger partial charge in [0.05, 0.1) is 26.5 Å². The predicted octanol–water partition coefficient (Wildman–Crippen LogP) is 2.31. The SMILES string of the molecule is COc1cc(CN=CC2C(=O)NC(=O)N(c3ccc(F)cc3)C2=O)cc(OC)c1. The van der Waals surface area contributed by atoms with Crippen molar-refractivity contribution >= 4 is 29.7 Å². The fourth-order valence-corrected chi connectivity index (χ4v) is 2.78. The first-order chi connectivity index (χ1) is 13.9. The Morgan fingerprint density at radius 2 is 1.69 bits per heavy atom. The maximum atomic E-state index is 13.1. The topological polar surface area (TPSA) is 97.3 Å². The van der Waals surface area contributed by atoms with Crippen LogP contribution in [0.1, 0.15) is 5.56 Å². The number of barbiturate groups is 1. The molecule has 2 aromatic carbocycles. The lowest BCUT2D eigenvalue weighted by Gasteiger charge is -2.28. The van der Waals surface area contributed by atoms with E-state index in [1.54, 1.807) is 18.2 Å². The molecule has 1 heterocycles. The number of hydrogen-bond acceptors (Lipinski definition) is 6. The number of nitrogens with one attached hydrogen (secondary N) is 1. The number of urea groups is 1. The van der Waals surface area contributed by atoms with Crippen LogP contribution in [0.3, 0.4) is 0 Å². The molecule has 9 heteroatoms. The van der Waals surface area contributed by atoms with Crippen LogP contribution in [0.15, 0.2) is 47.5 Å².